The van der Waals surface area contributed by atoms with Gasteiger partial charge in [-0.25, -0.2) is 9.78 Å². The van der Waals surface area contributed by atoms with E-state index in [4.69, 9.17) is 6.42 Å². The van der Waals surface area contributed by atoms with E-state index in [0.717, 1.165) is 21.8 Å². The number of anilines is 1. The van der Waals surface area contributed by atoms with E-state index >= 15 is 0 Å². The fourth-order valence-electron chi connectivity index (χ4n) is 2.42. The molecule has 2 N–H and O–H groups in total. The first kappa shape index (κ1) is 17.7. The highest BCUT2D eigenvalue weighted by Crippen LogP contribution is 2.24. The van der Waals surface area contributed by atoms with Gasteiger partial charge in [-0.1, -0.05) is 41.8 Å². The van der Waals surface area contributed by atoms with Gasteiger partial charge in [-0.2, -0.15) is 0 Å². The highest BCUT2D eigenvalue weighted by Gasteiger charge is 2.06. The van der Waals surface area contributed by atoms with Gasteiger partial charge >= 0.3 is 6.03 Å². The summed E-state index contributed by atoms with van der Waals surface area (Å²) in [5, 5.41) is 8.64. The molecule has 0 aliphatic rings. The third-order valence-corrected chi connectivity index (χ3v) is 4.74. The highest BCUT2D eigenvalue weighted by atomic mass is 32.1. The normalized spacial score (nSPS) is 10.2. The average molecular weight is 361 g/mol. The van der Waals surface area contributed by atoms with Gasteiger partial charge in [0.2, 0.25) is 0 Å². The Balaban J connectivity index is 1.49. The van der Waals surface area contributed by atoms with Gasteiger partial charge in [0, 0.05) is 35.2 Å². The topological polar surface area (TPSA) is 54.0 Å². The first-order valence-electron chi connectivity index (χ1n) is 8.27. The molecule has 0 aliphatic heterocycles. The zero-order valence-corrected chi connectivity index (χ0v) is 15.3. The minimum absolute atomic E-state index is 0.256. The van der Waals surface area contributed by atoms with Gasteiger partial charge in [0.05, 0.1) is 5.69 Å². The summed E-state index contributed by atoms with van der Waals surface area (Å²) in [4.78, 5) is 16.6. The quantitative estimate of drug-likeness (QED) is 0.659. The summed E-state index contributed by atoms with van der Waals surface area (Å²) in [6.45, 7) is 2.58. The standard InChI is InChI=1S/C21H19N3OS/c1-3-16-5-4-6-18(13-16)24-21(25)22-12-11-19-14-26-20(23-19)17-9-7-15(2)8-10-17/h1,4-10,13-14H,11-12H2,2H3,(H2,22,24,25). The van der Waals surface area contributed by atoms with Crippen LogP contribution in [0.5, 0.6) is 0 Å². The van der Waals surface area contributed by atoms with Gasteiger partial charge in [0.15, 0.2) is 0 Å². The van der Waals surface area contributed by atoms with Gasteiger partial charge in [-0.05, 0) is 25.1 Å². The summed E-state index contributed by atoms with van der Waals surface area (Å²) >= 11 is 1.62. The molecule has 2 aromatic carbocycles. The first-order valence-corrected chi connectivity index (χ1v) is 9.15. The van der Waals surface area contributed by atoms with Crippen molar-refractivity contribution in [1.29, 1.82) is 0 Å². The van der Waals surface area contributed by atoms with E-state index in [2.05, 4.69) is 52.7 Å². The van der Waals surface area contributed by atoms with Crippen molar-refractivity contribution in [3.8, 4) is 22.9 Å². The molecule has 0 fully saturated rings. The number of nitrogens with zero attached hydrogens (tertiary/aromatic N) is 1. The number of hydrogen-bond donors (Lipinski definition) is 2. The number of urea groups is 1. The molecule has 130 valence electrons. The summed E-state index contributed by atoms with van der Waals surface area (Å²) in [6.07, 6.45) is 6.04. The lowest BCUT2D eigenvalue weighted by Gasteiger charge is -2.07. The van der Waals surface area contributed by atoms with Crippen LogP contribution in [-0.2, 0) is 6.42 Å². The van der Waals surface area contributed by atoms with Crippen LogP contribution in [-0.4, -0.2) is 17.6 Å². The van der Waals surface area contributed by atoms with Crippen LogP contribution in [0, 0.1) is 19.3 Å². The predicted octanol–water partition coefficient (Wildman–Crippen LogP) is 4.46. The molecule has 0 bridgehead atoms. The Kier molecular flexibility index (Phi) is 5.67. The Labute approximate surface area is 157 Å². The highest BCUT2D eigenvalue weighted by molar-refractivity contribution is 7.13. The second-order valence-corrected chi connectivity index (χ2v) is 6.72. The summed E-state index contributed by atoms with van der Waals surface area (Å²) in [7, 11) is 0. The molecule has 26 heavy (non-hydrogen) atoms. The van der Waals surface area contributed by atoms with Gasteiger partial charge in [0.1, 0.15) is 5.01 Å². The number of amides is 2. The number of terminal acetylenes is 1. The van der Waals surface area contributed by atoms with Crippen molar-refractivity contribution >= 4 is 23.1 Å². The van der Waals surface area contributed by atoms with Crippen molar-refractivity contribution in [2.75, 3.05) is 11.9 Å². The number of aryl methyl sites for hydroxylation is 1. The van der Waals surface area contributed by atoms with Crippen LogP contribution < -0.4 is 10.6 Å². The van der Waals surface area contributed by atoms with Crippen molar-refractivity contribution in [3.05, 3.63) is 70.7 Å². The maximum Gasteiger partial charge on any atom is 0.319 e. The van der Waals surface area contributed by atoms with E-state index in [1.807, 2.05) is 17.5 Å². The van der Waals surface area contributed by atoms with E-state index in [9.17, 15) is 4.79 Å². The maximum atomic E-state index is 12.0. The molecule has 0 atom stereocenters. The number of nitrogens with one attached hydrogen (secondary N) is 2. The molecule has 3 aromatic rings. The third-order valence-electron chi connectivity index (χ3n) is 3.80. The second kappa shape index (κ2) is 8.32. The molecular weight excluding hydrogens is 342 g/mol. The van der Waals surface area contributed by atoms with Crippen molar-refractivity contribution in [3.63, 3.8) is 0 Å². The monoisotopic (exact) mass is 361 g/mol. The van der Waals surface area contributed by atoms with E-state index < -0.39 is 0 Å². The number of hydrogen-bond acceptors (Lipinski definition) is 3. The average Bonchev–Trinajstić information content (AvgIpc) is 3.11. The van der Waals surface area contributed by atoms with Crippen molar-refractivity contribution in [2.45, 2.75) is 13.3 Å². The fraction of sp³-hybridized carbons (Fsp3) is 0.143. The summed E-state index contributed by atoms with van der Waals surface area (Å²) < 4.78 is 0. The molecule has 3 rings (SSSR count). The van der Waals surface area contributed by atoms with Gasteiger partial charge < -0.3 is 10.6 Å². The fourth-order valence-corrected chi connectivity index (χ4v) is 3.28. The zero-order chi connectivity index (χ0) is 18.4. The zero-order valence-electron chi connectivity index (χ0n) is 14.5. The smallest absolute Gasteiger partial charge is 0.319 e. The van der Waals surface area contributed by atoms with E-state index in [1.165, 1.54) is 5.56 Å². The number of thiazole rings is 1. The first-order chi connectivity index (χ1) is 12.6. The third kappa shape index (κ3) is 4.71. The van der Waals surface area contributed by atoms with Crippen LogP contribution in [0.1, 0.15) is 16.8 Å². The molecule has 0 spiro atoms. The molecule has 1 heterocycles. The lowest BCUT2D eigenvalue weighted by molar-refractivity contribution is 0.252. The Hall–Kier alpha value is -3.10. The lowest BCUT2D eigenvalue weighted by Crippen LogP contribution is -2.30. The largest absolute Gasteiger partial charge is 0.337 e. The van der Waals surface area contributed by atoms with E-state index in [1.54, 1.807) is 23.5 Å². The Morgan fingerprint density at radius 3 is 2.81 bits per heavy atom. The van der Waals surface area contributed by atoms with Crippen LogP contribution in [0.15, 0.2) is 53.9 Å². The van der Waals surface area contributed by atoms with Crippen LogP contribution in [0.3, 0.4) is 0 Å². The Bertz CT molecular complexity index is 938. The number of aromatic nitrogens is 1. The predicted molar refractivity (Wildman–Crippen MR) is 107 cm³/mol. The number of rotatable bonds is 5. The molecular formula is C21H19N3OS. The van der Waals surface area contributed by atoms with Gasteiger partial charge in [-0.15, -0.1) is 17.8 Å². The SMILES string of the molecule is C#Cc1cccc(NC(=O)NCCc2csc(-c3ccc(C)cc3)n2)c1. The minimum atomic E-state index is -0.256. The van der Waals surface area contributed by atoms with Crippen LogP contribution in [0.25, 0.3) is 10.6 Å². The molecule has 1 aromatic heterocycles. The summed E-state index contributed by atoms with van der Waals surface area (Å²) in [6, 6.07) is 15.2. The Morgan fingerprint density at radius 1 is 1.23 bits per heavy atom. The molecule has 0 aliphatic carbocycles. The van der Waals surface area contributed by atoms with Gasteiger partial charge in [-0.3, -0.25) is 0 Å². The van der Waals surface area contributed by atoms with Crippen molar-refractivity contribution in [1.82, 2.24) is 10.3 Å². The van der Waals surface area contributed by atoms with Crippen LogP contribution >= 0.6 is 11.3 Å². The van der Waals surface area contributed by atoms with E-state index in [0.29, 0.717) is 18.7 Å². The van der Waals surface area contributed by atoms with Crippen LogP contribution in [0.4, 0.5) is 10.5 Å². The summed E-state index contributed by atoms with van der Waals surface area (Å²) in [5.74, 6) is 2.55. The Morgan fingerprint density at radius 2 is 2.04 bits per heavy atom. The number of carbonyl (C=O) groups is 1. The minimum Gasteiger partial charge on any atom is -0.337 e. The molecule has 0 unspecified atom stereocenters. The maximum absolute atomic E-state index is 12.0. The van der Waals surface area contributed by atoms with Crippen molar-refractivity contribution in [2.24, 2.45) is 0 Å². The van der Waals surface area contributed by atoms with Crippen molar-refractivity contribution < 1.29 is 4.79 Å². The molecule has 5 heteroatoms. The van der Waals surface area contributed by atoms with Crippen LogP contribution in [0.2, 0.25) is 0 Å². The summed E-state index contributed by atoms with van der Waals surface area (Å²) in [5.41, 5.74) is 4.72. The molecule has 0 saturated carbocycles. The number of benzene rings is 2. The molecule has 0 saturated heterocycles. The van der Waals surface area contributed by atoms with Gasteiger partial charge in [0.25, 0.3) is 0 Å². The lowest BCUT2D eigenvalue weighted by atomic mass is 10.2. The molecule has 4 nitrogen and oxygen atoms in total. The second-order valence-electron chi connectivity index (χ2n) is 5.87. The number of carbonyl (C=O) groups excluding carboxylic acids is 1. The van der Waals surface area contributed by atoms with E-state index in [-0.39, 0.29) is 6.03 Å². The molecule has 2 amide bonds. The molecule has 0 radical (unpaired) electrons.